The van der Waals surface area contributed by atoms with Crippen LogP contribution in [-0.2, 0) is 16.1 Å². The van der Waals surface area contributed by atoms with E-state index in [-0.39, 0.29) is 5.91 Å². The second kappa shape index (κ2) is 7.40. The number of hydrogen-bond donors (Lipinski definition) is 1. The van der Waals surface area contributed by atoms with Crippen LogP contribution in [0.15, 0.2) is 18.2 Å². The number of hydrogen-bond acceptors (Lipinski definition) is 6. The Morgan fingerprint density at radius 2 is 2.16 bits per heavy atom. The number of methoxy groups -OCH3 is 1. The van der Waals surface area contributed by atoms with Gasteiger partial charge in [0.1, 0.15) is 11.3 Å². The van der Waals surface area contributed by atoms with Crippen molar-refractivity contribution in [1.29, 1.82) is 5.26 Å². The molecule has 0 radical (unpaired) electrons. The average molecular weight is 344 g/mol. The zero-order chi connectivity index (χ0) is 17.9. The summed E-state index contributed by atoms with van der Waals surface area (Å²) in [6.07, 6.45) is 0.672. The van der Waals surface area contributed by atoms with Crippen LogP contribution in [0.3, 0.4) is 0 Å². The molecule has 0 aliphatic carbocycles. The molecule has 0 spiro atoms. The molecule has 2 N–H and O–H groups in total. The average Bonchev–Trinajstić information content (AvgIpc) is 3.14. The van der Waals surface area contributed by atoms with Gasteiger partial charge >= 0.3 is 0 Å². The van der Waals surface area contributed by atoms with Crippen molar-refractivity contribution in [2.45, 2.75) is 18.5 Å². The summed E-state index contributed by atoms with van der Waals surface area (Å²) < 4.78 is 10.9. The van der Waals surface area contributed by atoms with Crippen molar-refractivity contribution < 1.29 is 14.3 Å². The molecule has 25 heavy (non-hydrogen) atoms. The second-order valence-corrected chi connectivity index (χ2v) is 6.60. The molecule has 1 aromatic carbocycles. The van der Waals surface area contributed by atoms with Crippen LogP contribution in [0.2, 0.25) is 0 Å². The van der Waals surface area contributed by atoms with Crippen molar-refractivity contribution in [1.82, 2.24) is 9.80 Å². The Morgan fingerprint density at radius 1 is 1.40 bits per heavy atom. The summed E-state index contributed by atoms with van der Waals surface area (Å²) in [6.45, 7) is 4.99. The monoisotopic (exact) mass is 344 g/mol. The fourth-order valence-corrected chi connectivity index (χ4v) is 3.67. The molecule has 1 aromatic rings. The maximum Gasteiger partial charge on any atom is 0.240 e. The molecule has 1 amide bonds. The molecular formula is C18H24N4O3. The number of benzene rings is 1. The number of carbonyl (C=O) groups is 1. The smallest absolute Gasteiger partial charge is 0.240 e. The third kappa shape index (κ3) is 3.47. The number of nitrogens with zero attached hydrogens (tertiary/aromatic N) is 3. The number of ether oxygens (including phenoxy) is 2. The quantitative estimate of drug-likeness (QED) is 0.828. The van der Waals surface area contributed by atoms with E-state index in [4.69, 9.17) is 20.5 Å². The first-order valence-corrected chi connectivity index (χ1v) is 8.51. The van der Waals surface area contributed by atoms with Crippen LogP contribution in [-0.4, -0.2) is 67.7 Å². The maximum atomic E-state index is 12.0. The lowest BCUT2D eigenvalue weighted by atomic mass is 9.94. The highest BCUT2D eigenvalue weighted by atomic mass is 16.5. The number of amides is 1. The van der Waals surface area contributed by atoms with E-state index in [2.05, 4.69) is 15.9 Å². The first-order chi connectivity index (χ1) is 12.1. The summed E-state index contributed by atoms with van der Waals surface area (Å²) in [5, 5.41) is 9.00. The second-order valence-electron chi connectivity index (χ2n) is 6.60. The minimum Gasteiger partial charge on any atom is -0.496 e. The van der Waals surface area contributed by atoms with Gasteiger partial charge in [0, 0.05) is 51.3 Å². The molecule has 2 fully saturated rings. The Hall–Kier alpha value is -2.14. The van der Waals surface area contributed by atoms with Gasteiger partial charge in [0.15, 0.2) is 0 Å². The van der Waals surface area contributed by atoms with Crippen molar-refractivity contribution in [2.24, 2.45) is 5.73 Å². The Labute approximate surface area is 147 Å². The fraction of sp³-hybridized carbons (Fsp3) is 0.556. The molecule has 2 aliphatic heterocycles. The predicted octanol–water partition coefficient (Wildman–Crippen LogP) is 0.329. The van der Waals surface area contributed by atoms with E-state index in [9.17, 15) is 4.79 Å². The van der Waals surface area contributed by atoms with Crippen molar-refractivity contribution in [2.75, 3.05) is 46.5 Å². The number of piperazine rings is 1. The normalized spacial score (nSPS) is 24.8. The molecule has 1 unspecified atom stereocenters. The van der Waals surface area contributed by atoms with Gasteiger partial charge in [-0.1, -0.05) is 6.07 Å². The van der Waals surface area contributed by atoms with Crippen LogP contribution in [0.1, 0.15) is 17.5 Å². The van der Waals surface area contributed by atoms with E-state index in [1.54, 1.807) is 13.2 Å². The Morgan fingerprint density at radius 3 is 2.72 bits per heavy atom. The first kappa shape index (κ1) is 17.7. The molecule has 3 rings (SSSR count). The van der Waals surface area contributed by atoms with Crippen LogP contribution < -0.4 is 10.5 Å². The van der Waals surface area contributed by atoms with Crippen LogP contribution in [0, 0.1) is 11.3 Å². The molecule has 7 nitrogen and oxygen atoms in total. The predicted molar refractivity (Wildman–Crippen MR) is 91.9 cm³/mol. The van der Waals surface area contributed by atoms with Crippen LogP contribution >= 0.6 is 0 Å². The van der Waals surface area contributed by atoms with Gasteiger partial charge in [0.05, 0.1) is 25.3 Å². The molecule has 7 heteroatoms. The van der Waals surface area contributed by atoms with Gasteiger partial charge < -0.3 is 15.2 Å². The number of nitrogens with two attached hydrogens (primary N) is 1. The van der Waals surface area contributed by atoms with E-state index in [1.165, 1.54) is 0 Å². The molecule has 0 aromatic heterocycles. The lowest BCUT2D eigenvalue weighted by Crippen LogP contribution is -2.63. The lowest BCUT2D eigenvalue weighted by Gasteiger charge is -2.43. The summed E-state index contributed by atoms with van der Waals surface area (Å²) in [5.74, 6) is 0.450. The van der Waals surface area contributed by atoms with E-state index >= 15 is 0 Å². The molecular weight excluding hydrogens is 320 g/mol. The molecule has 134 valence electrons. The van der Waals surface area contributed by atoms with Crippen molar-refractivity contribution in [3.05, 3.63) is 29.3 Å². The molecule has 2 aliphatic rings. The highest BCUT2D eigenvalue weighted by molar-refractivity contribution is 5.85. The van der Waals surface area contributed by atoms with Gasteiger partial charge in [-0.05, 0) is 12.1 Å². The topological polar surface area (TPSA) is 91.8 Å². The van der Waals surface area contributed by atoms with E-state index in [1.807, 2.05) is 12.1 Å². The van der Waals surface area contributed by atoms with Crippen LogP contribution in [0.25, 0.3) is 0 Å². The molecule has 0 saturated carbocycles. The molecule has 0 bridgehead atoms. The van der Waals surface area contributed by atoms with Gasteiger partial charge in [-0.25, -0.2) is 0 Å². The molecule has 2 heterocycles. The van der Waals surface area contributed by atoms with Gasteiger partial charge in [-0.15, -0.1) is 0 Å². The maximum absolute atomic E-state index is 12.0. The summed E-state index contributed by atoms with van der Waals surface area (Å²) in [6, 6.07) is 7.65. The Balaban J connectivity index is 1.63. The van der Waals surface area contributed by atoms with E-state index < -0.39 is 5.54 Å². The van der Waals surface area contributed by atoms with E-state index in [0.717, 1.165) is 44.0 Å². The van der Waals surface area contributed by atoms with Crippen LogP contribution in [0.5, 0.6) is 5.75 Å². The highest BCUT2D eigenvalue weighted by Crippen LogP contribution is 2.28. The Kier molecular flexibility index (Phi) is 5.23. The largest absolute Gasteiger partial charge is 0.496 e. The lowest BCUT2D eigenvalue weighted by molar-refractivity contribution is -0.132. The first-order valence-electron chi connectivity index (χ1n) is 8.51. The minimum absolute atomic E-state index is 0.285. The number of primary amides is 1. The number of rotatable bonds is 5. The SMILES string of the molecule is COc1cc(C#N)ccc1CN1CCN(C2(C(N)=O)CCOC2)CC1. The van der Waals surface area contributed by atoms with Gasteiger partial charge in [-0.2, -0.15) is 5.26 Å². The molecule has 1 atom stereocenters. The van der Waals surface area contributed by atoms with Gasteiger partial charge in [0.2, 0.25) is 5.91 Å². The summed E-state index contributed by atoms with van der Waals surface area (Å²) in [4.78, 5) is 16.5. The summed E-state index contributed by atoms with van der Waals surface area (Å²) in [7, 11) is 1.62. The van der Waals surface area contributed by atoms with E-state index in [0.29, 0.717) is 25.2 Å². The van der Waals surface area contributed by atoms with Crippen molar-refractivity contribution >= 4 is 5.91 Å². The highest BCUT2D eigenvalue weighted by Gasteiger charge is 2.46. The summed E-state index contributed by atoms with van der Waals surface area (Å²) >= 11 is 0. The standard InChI is InChI=1S/C18H24N4O3/c1-24-16-10-14(11-19)2-3-15(16)12-21-5-7-22(8-6-21)18(17(20)23)4-9-25-13-18/h2-3,10H,4-9,12-13H2,1H3,(H2,20,23). The van der Waals surface area contributed by atoms with Crippen LogP contribution in [0.4, 0.5) is 0 Å². The van der Waals surface area contributed by atoms with Crippen molar-refractivity contribution in [3.63, 3.8) is 0 Å². The van der Waals surface area contributed by atoms with Gasteiger partial charge in [-0.3, -0.25) is 14.6 Å². The fourth-order valence-electron chi connectivity index (χ4n) is 3.67. The minimum atomic E-state index is -0.641. The zero-order valence-corrected chi connectivity index (χ0v) is 14.5. The molecule has 2 saturated heterocycles. The summed E-state index contributed by atoms with van der Waals surface area (Å²) in [5.41, 5.74) is 6.68. The number of carbonyl (C=O) groups excluding carboxylic acids is 1. The van der Waals surface area contributed by atoms with Crippen molar-refractivity contribution in [3.8, 4) is 11.8 Å². The third-order valence-corrected chi connectivity index (χ3v) is 5.25. The zero-order valence-electron chi connectivity index (χ0n) is 14.5. The van der Waals surface area contributed by atoms with Gasteiger partial charge in [0.25, 0.3) is 0 Å². The number of nitriles is 1. The Bertz CT molecular complexity index is 671. The third-order valence-electron chi connectivity index (χ3n) is 5.25.